The van der Waals surface area contributed by atoms with Crippen molar-refractivity contribution in [1.29, 1.82) is 0 Å². The molecule has 0 bridgehead atoms. The smallest absolute Gasteiger partial charge is 0.344 e. The van der Waals surface area contributed by atoms with Gasteiger partial charge in [-0.15, -0.1) is 0 Å². The summed E-state index contributed by atoms with van der Waals surface area (Å²) in [5, 5.41) is 0. The molecule has 0 N–H and O–H groups in total. The second-order valence-corrected chi connectivity index (χ2v) is 8.54. The Labute approximate surface area is 173 Å². The predicted octanol–water partition coefficient (Wildman–Crippen LogP) is 8.29. The van der Waals surface area contributed by atoms with Crippen molar-refractivity contribution in [2.24, 2.45) is 0 Å². The Hall–Kier alpha value is -1.31. The molecule has 28 heavy (non-hydrogen) atoms. The third kappa shape index (κ3) is 8.80. The molecule has 0 spiro atoms. The van der Waals surface area contributed by atoms with Gasteiger partial charge in [-0.05, 0) is 12.5 Å². The van der Waals surface area contributed by atoms with E-state index in [4.69, 9.17) is 4.42 Å². The summed E-state index contributed by atoms with van der Waals surface area (Å²) in [5.74, 6) is 1.03. The lowest BCUT2D eigenvalue weighted by atomic mass is 10.0. The van der Waals surface area contributed by atoms with Crippen molar-refractivity contribution < 1.29 is 8.98 Å². The van der Waals surface area contributed by atoms with E-state index in [-0.39, 0.29) is 0 Å². The van der Waals surface area contributed by atoms with Crippen LogP contribution in [0.2, 0.25) is 0 Å². The molecule has 0 unspecified atom stereocenters. The number of aromatic nitrogens is 1. The molecule has 158 valence electrons. The molecule has 0 saturated heterocycles. The molecule has 2 aromatic rings. The molecule has 2 heteroatoms. The van der Waals surface area contributed by atoms with Crippen molar-refractivity contribution >= 4 is 11.1 Å². The van der Waals surface area contributed by atoms with Crippen molar-refractivity contribution in [2.75, 3.05) is 0 Å². The highest BCUT2D eigenvalue weighted by Crippen LogP contribution is 2.15. The highest BCUT2D eigenvalue weighted by molar-refractivity contribution is 5.68. The molecular formula is C26H44NO+. The lowest BCUT2D eigenvalue weighted by molar-refractivity contribution is -0.683. The molecule has 1 aromatic carbocycles. The number of rotatable bonds is 17. The van der Waals surface area contributed by atoms with Gasteiger partial charge >= 0.3 is 5.89 Å². The van der Waals surface area contributed by atoms with Crippen LogP contribution in [0.25, 0.3) is 11.1 Å². The third-order valence-corrected chi connectivity index (χ3v) is 6.03. The van der Waals surface area contributed by atoms with Crippen LogP contribution in [-0.2, 0) is 6.54 Å². The van der Waals surface area contributed by atoms with E-state index >= 15 is 0 Å². The minimum absolute atomic E-state index is 1.01. The second kappa shape index (κ2) is 14.7. The topological polar surface area (TPSA) is 17.0 Å². The van der Waals surface area contributed by atoms with Gasteiger partial charge in [-0.25, -0.2) is 0 Å². The van der Waals surface area contributed by atoms with E-state index in [1.165, 1.54) is 108 Å². The molecular weight excluding hydrogens is 342 g/mol. The lowest BCUT2D eigenvalue weighted by Crippen LogP contribution is -2.35. The largest absolute Gasteiger partial charge is 0.402 e. The summed E-state index contributed by atoms with van der Waals surface area (Å²) in [6.45, 7) is 5.45. The van der Waals surface area contributed by atoms with E-state index in [9.17, 15) is 0 Å². The fraction of sp³-hybridized carbons (Fsp3) is 0.731. The molecule has 2 rings (SSSR count). The van der Waals surface area contributed by atoms with Crippen molar-refractivity contribution in [3.05, 3.63) is 30.2 Å². The molecule has 0 aliphatic heterocycles. The summed E-state index contributed by atoms with van der Waals surface area (Å²) in [6, 6.07) is 8.37. The number of nitrogens with zero attached hydrogens (tertiary/aromatic N) is 1. The van der Waals surface area contributed by atoms with Gasteiger partial charge in [-0.3, -0.25) is 0 Å². The molecule has 0 aliphatic carbocycles. The molecule has 0 aliphatic rings. The summed E-state index contributed by atoms with van der Waals surface area (Å²) in [4.78, 5) is 0. The Kier molecular flexibility index (Phi) is 12.0. The monoisotopic (exact) mass is 386 g/mol. The first kappa shape index (κ1) is 23.0. The van der Waals surface area contributed by atoms with Crippen LogP contribution >= 0.6 is 0 Å². The van der Waals surface area contributed by atoms with E-state index in [0.717, 1.165) is 18.0 Å². The van der Waals surface area contributed by atoms with Gasteiger partial charge in [-0.1, -0.05) is 109 Å². The summed E-state index contributed by atoms with van der Waals surface area (Å²) >= 11 is 0. The fourth-order valence-electron chi connectivity index (χ4n) is 4.25. The van der Waals surface area contributed by atoms with Crippen LogP contribution < -0.4 is 4.57 Å². The maximum atomic E-state index is 5.84. The average molecular weight is 387 g/mol. The molecule has 0 amide bonds. The van der Waals surface area contributed by atoms with Crippen LogP contribution in [0.3, 0.4) is 0 Å². The Morgan fingerprint density at radius 3 is 1.64 bits per heavy atom. The Balaban J connectivity index is 1.38. The molecule has 0 radical (unpaired) electrons. The maximum Gasteiger partial charge on any atom is 0.344 e. The van der Waals surface area contributed by atoms with Gasteiger partial charge in [-0.2, -0.15) is 4.57 Å². The molecule has 0 atom stereocenters. The van der Waals surface area contributed by atoms with Crippen molar-refractivity contribution in [1.82, 2.24) is 0 Å². The number of para-hydroxylation sites is 2. The highest BCUT2D eigenvalue weighted by atomic mass is 16.3. The van der Waals surface area contributed by atoms with Gasteiger partial charge < -0.3 is 4.42 Å². The molecule has 1 heterocycles. The Morgan fingerprint density at radius 1 is 0.643 bits per heavy atom. The number of benzene rings is 1. The number of unbranched alkanes of at least 4 members (excludes halogenated alkanes) is 15. The first-order valence-corrected chi connectivity index (χ1v) is 12.2. The van der Waals surface area contributed by atoms with Gasteiger partial charge in [0.25, 0.3) is 5.52 Å². The van der Waals surface area contributed by atoms with Crippen molar-refractivity contribution in [3.8, 4) is 0 Å². The molecule has 1 aromatic heterocycles. The van der Waals surface area contributed by atoms with E-state index < -0.39 is 0 Å². The van der Waals surface area contributed by atoms with E-state index in [2.05, 4.69) is 36.6 Å². The van der Waals surface area contributed by atoms with Crippen LogP contribution in [0.4, 0.5) is 0 Å². The minimum Gasteiger partial charge on any atom is -0.402 e. The van der Waals surface area contributed by atoms with Crippen LogP contribution in [0.1, 0.15) is 116 Å². The number of aryl methyl sites for hydroxylation is 2. The Bertz CT molecular complexity index is 630. The quantitative estimate of drug-likeness (QED) is 0.197. The molecule has 0 saturated carbocycles. The van der Waals surface area contributed by atoms with E-state index in [1.807, 2.05) is 6.07 Å². The zero-order valence-electron chi connectivity index (χ0n) is 18.7. The number of fused-ring (bicyclic) bond motifs is 1. The average Bonchev–Trinajstić information content (AvgIpc) is 3.03. The fourth-order valence-corrected chi connectivity index (χ4v) is 4.25. The summed E-state index contributed by atoms with van der Waals surface area (Å²) in [5.41, 5.74) is 2.25. The maximum absolute atomic E-state index is 5.84. The summed E-state index contributed by atoms with van der Waals surface area (Å²) in [6.07, 6.45) is 22.7. The number of oxazole rings is 1. The normalized spacial score (nSPS) is 11.5. The SMILES string of the molecule is CCCCCCCCCCCCCCCCCC[n+]1c(C)oc2ccccc21. The van der Waals surface area contributed by atoms with Gasteiger partial charge in [0, 0.05) is 12.5 Å². The third-order valence-electron chi connectivity index (χ3n) is 6.03. The van der Waals surface area contributed by atoms with Gasteiger partial charge in [0.05, 0.1) is 6.92 Å². The zero-order chi connectivity index (χ0) is 19.9. The molecule has 0 fully saturated rings. The van der Waals surface area contributed by atoms with Crippen molar-refractivity contribution in [3.63, 3.8) is 0 Å². The minimum atomic E-state index is 1.01. The van der Waals surface area contributed by atoms with Crippen LogP contribution in [-0.4, -0.2) is 0 Å². The Morgan fingerprint density at radius 2 is 1.11 bits per heavy atom. The number of hydrogen-bond acceptors (Lipinski definition) is 1. The standard InChI is InChI=1S/C26H44NO/c1-3-4-5-6-7-8-9-10-11-12-13-14-15-16-17-20-23-27-24(2)28-26-22-19-18-21-25(26)27/h18-19,21-22H,3-17,20,23H2,1-2H3/q+1. The predicted molar refractivity (Wildman–Crippen MR) is 121 cm³/mol. The van der Waals surface area contributed by atoms with Gasteiger partial charge in [0.15, 0.2) is 6.54 Å². The highest BCUT2D eigenvalue weighted by Gasteiger charge is 2.17. The van der Waals surface area contributed by atoms with Crippen LogP contribution in [0.5, 0.6) is 0 Å². The van der Waals surface area contributed by atoms with Crippen LogP contribution in [0, 0.1) is 6.92 Å². The first-order valence-electron chi connectivity index (χ1n) is 12.2. The van der Waals surface area contributed by atoms with E-state index in [1.54, 1.807) is 0 Å². The van der Waals surface area contributed by atoms with Crippen molar-refractivity contribution in [2.45, 2.75) is 123 Å². The number of hydrogen-bond donors (Lipinski definition) is 0. The first-order chi connectivity index (χ1) is 13.8. The second-order valence-electron chi connectivity index (χ2n) is 8.54. The molecule has 2 nitrogen and oxygen atoms in total. The zero-order valence-corrected chi connectivity index (χ0v) is 18.7. The lowest BCUT2D eigenvalue weighted by Gasteiger charge is -2.03. The van der Waals surface area contributed by atoms with E-state index in [0.29, 0.717) is 0 Å². The summed E-state index contributed by atoms with van der Waals surface area (Å²) in [7, 11) is 0. The van der Waals surface area contributed by atoms with Crippen LogP contribution in [0.15, 0.2) is 28.7 Å². The van der Waals surface area contributed by atoms with Gasteiger partial charge in [0.2, 0.25) is 5.58 Å². The van der Waals surface area contributed by atoms with Gasteiger partial charge in [0.1, 0.15) is 0 Å². The summed E-state index contributed by atoms with van der Waals surface area (Å²) < 4.78 is 8.17.